The average molecular weight is 281 g/mol. The minimum Gasteiger partial charge on any atom is -0.338 e. The van der Waals surface area contributed by atoms with Crippen LogP contribution in [0.4, 0.5) is 0 Å². The fourth-order valence-corrected chi connectivity index (χ4v) is 2.69. The molecule has 0 spiro atoms. The van der Waals surface area contributed by atoms with Gasteiger partial charge in [0.15, 0.2) is 0 Å². The third-order valence-electron chi connectivity index (χ3n) is 3.66. The van der Waals surface area contributed by atoms with Crippen molar-refractivity contribution in [3.8, 4) is 0 Å². The highest BCUT2D eigenvalue weighted by atomic mass is 35.5. The molecule has 4 heteroatoms. The molecule has 0 radical (unpaired) electrons. The first-order valence-electron chi connectivity index (χ1n) is 6.95. The van der Waals surface area contributed by atoms with E-state index < -0.39 is 0 Å². The van der Waals surface area contributed by atoms with Gasteiger partial charge in [0, 0.05) is 24.7 Å². The number of hydrogen-bond donors (Lipinski definition) is 1. The normalized spacial score (nSPS) is 19.2. The van der Waals surface area contributed by atoms with Crippen LogP contribution in [0, 0.1) is 5.92 Å². The zero-order chi connectivity index (χ0) is 13.7. The summed E-state index contributed by atoms with van der Waals surface area (Å²) in [6.07, 6.45) is 2.07. The number of rotatable bonds is 4. The molecule has 3 nitrogen and oxygen atoms in total. The van der Waals surface area contributed by atoms with Crippen LogP contribution in [0.3, 0.4) is 0 Å². The lowest BCUT2D eigenvalue weighted by atomic mass is 9.98. The Kier molecular flexibility index (Phi) is 5.23. The Balaban J connectivity index is 2.03. The van der Waals surface area contributed by atoms with E-state index in [9.17, 15) is 4.79 Å². The largest absolute Gasteiger partial charge is 0.338 e. The molecule has 1 unspecified atom stereocenters. The van der Waals surface area contributed by atoms with E-state index >= 15 is 0 Å². The van der Waals surface area contributed by atoms with Crippen LogP contribution in [0.1, 0.15) is 25.3 Å². The minimum absolute atomic E-state index is 0.121. The predicted octanol–water partition coefficient (Wildman–Crippen LogP) is 2.69. The molecule has 19 heavy (non-hydrogen) atoms. The molecule has 1 fully saturated rings. The van der Waals surface area contributed by atoms with Crippen LogP contribution >= 0.6 is 11.6 Å². The number of hydrogen-bond acceptors (Lipinski definition) is 2. The molecule has 104 valence electrons. The highest BCUT2D eigenvalue weighted by Gasteiger charge is 2.25. The molecule has 0 aliphatic carbocycles. The number of halogens is 1. The summed E-state index contributed by atoms with van der Waals surface area (Å²) in [6.45, 7) is 5.18. The van der Waals surface area contributed by atoms with E-state index in [1.54, 1.807) is 0 Å². The molecule has 1 aliphatic rings. The second kappa shape index (κ2) is 6.92. The first kappa shape index (κ1) is 14.4. The lowest BCUT2D eigenvalue weighted by molar-refractivity contribution is -0.136. The molecule has 2 rings (SSSR count). The van der Waals surface area contributed by atoms with E-state index in [1.807, 2.05) is 36.1 Å². The number of piperidine rings is 1. The van der Waals surface area contributed by atoms with Crippen LogP contribution in [0.25, 0.3) is 0 Å². The lowest BCUT2D eigenvalue weighted by Crippen LogP contribution is -2.42. The standard InChI is InChI=1S/C15H21ClN2O/c1-2-18(11-13-6-3-4-8-14(13)16)15(19)12-7-5-9-17-10-12/h3-4,6,8,12,17H,2,5,7,9-11H2,1H3. The van der Waals surface area contributed by atoms with Crippen molar-refractivity contribution in [3.63, 3.8) is 0 Å². The van der Waals surface area contributed by atoms with Gasteiger partial charge in [0.1, 0.15) is 0 Å². The van der Waals surface area contributed by atoms with Crippen LogP contribution in [-0.4, -0.2) is 30.4 Å². The second-order valence-corrected chi connectivity index (χ2v) is 5.39. The van der Waals surface area contributed by atoms with Gasteiger partial charge in [-0.3, -0.25) is 4.79 Å². The molecule has 1 aromatic rings. The van der Waals surface area contributed by atoms with Crippen molar-refractivity contribution in [1.29, 1.82) is 0 Å². The van der Waals surface area contributed by atoms with Gasteiger partial charge in [0.05, 0.1) is 5.92 Å². The van der Waals surface area contributed by atoms with Crippen LogP contribution in [0.15, 0.2) is 24.3 Å². The van der Waals surface area contributed by atoms with E-state index in [1.165, 1.54) is 0 Å². The summed E-state index contributed by atoms with van der Waals surface area (Å²) in [5.41, 5.74) is 1.02. The summed E-state index contributed by atoms with van der Waals surface area (Å²) >= 11 is 6.17. The van der Waals surface area contributed by atoms with Crippen molar-refractivity contribution in [2.75, 3.05) is 19.6 Å². The SMILES string of the molecule is CCN(Cc1ccccc1Cl)C(=O)C1CCCNC1. The molecule has 0 aromatic heterocycles. The third kappa shape index (κ3) is 3.71. The van der Waals surface area contributed by atoms with Gasteiger partial charge in [-0.15, -0.1) is 0 Å². The van der Waals surface area contributed by atoms with Gasteiger partial charge in [-0.25, -0.2) is 0 Å². The topological polar surface area (TPSA) is 32.3 Å². The summed E-state index contributed by atoms with van der Waals surface area (Å²) < 4.78 is 0. The zero-order valence-electron chi connectivity index (χ0n) is 11.4. The molecular formula is C15H21ClN2O. The second-order valence-electron chi connectivity index (χ2n) is 4.99. The Morgan fingerprint density at radius 2 is 2.26 bits per heavy atom. The number of benzene rings is 1. The van der Waals surface area contributed by atoms with Gasteiger partial charge in [0.2, 0.25) is 5.91 Å². The van der Waals surface area contributed by atoms with E-state index in [0.29, 0.717) is 6.54 Å². The molecule has 1 aromatic carbocycles. The van der Waals surface area contributed by atoms with Gasteiger partial charge in [-0.05, 0) is 37.9 Å². The number of nitrogens with one attached hydrogen (secondary N) is 1. The Morgan fingerprint density at radius 3 is 2.89 bits per heavy atom. The lowest BCUT2D eigenvalue weighted by Gasteiger charge is -2.29. The van der Waals surface area contributed by atoms with Crippen molar-refractivity contribution in [2.45, 2.75) is 26.3 Å². The molecular weight excluding hydrogens is 260 g/mol. The third-order valence-corrected chi connectivity index (χ3v) is 4.03. The van der Waals surface area contributed by atoms with Crippen LogP contribution < -0.4 is 5.32 Å². The zero-order valence-corrected chi connectivity index (χ0v) is 12.1. The highest BCUT2D eigenvalue weighted by molar-refractivity contribution is 6.31. The highest BCUT2D eigenvalue weighted by Crippen LogP contribution is 2.19. The number of carbonyl (C=O) groups is 1. The fraction of sp³-hybridized carbons (Fsp3) is 0.533. The molecule has 1 amide bonds. The van der Waals surface area contributed by atoms with Gasteiger partial charge in [0.25, 0.3) is 0 Å². The van der Waals surface area contributed by atoms with Crippen LogP contribution in [0.2, 0.25) is 5.02 Å². The molecule has 0 saturated carbocycles. The van der Waals surface area contributed by atoms with Gasteiger partial charge in [-0.2, -0.15) is 0 Å². The summed E-state index contributed by atoms with van der Waals surface area (Å²) in [6, 6.07) is 7.73. The van der Waals surface area contributed by atoms with Gasteiger partial charge < -0.3 is 10.2 Å². The molecule has 1 aliphatic heterocycles. The molecule has 1 N–H and O–H groups in total. The van der Waals surface area contributed by atoms with E-state index in [0.717, 1.165) is 43.1 Å². The Morgan fingerprint density at radius 1 is 1.47 bits per heavy atom. The van der Waals surface area contributed by atoms with Crippen molar-refractivity contribution >= 4 is 17.5 Å². The minimum atomic E-state index is 0.121. The van der Waals surface area contributed by atoms with Gasteiger partial charge >= 0.3 is 0 Å². The van der Waals surface area contributed by atoms with Crippen molar-refractivity contribution in [3.05, 3.63) is 34.9 Å². The summed E-state index contributed by atoms with van der Waals surface area (Å²) in [5, 5.41) is 4.03. The number of nitrogens with zero attached hydrogens (tertiary/aromatic N) is 1. The molecule has 0 bridgehead atoms. The van der Waals surface area contributed by atoms with E-state index in [4.69, 9.17) is 11.6 Å². The molecule has 1 atom stereocenters. The van der Waals surface area contributed by atoms with Crippen LogP contribution in [-0.2, 0) is 11.3 Å². The molecule has 1 saturated heterocycles. The Bertz CT molecular complexity index is 430. The Labute approximate surface area is 119 Å². The number of amides is 1. The quantitative estimate of drug-likeness (QED) is 0.920. The van der Waals surface area contributed by atoms with Crippen molar-refractivity contribution < 1.29 is 4.79 Å². The first-order chi connectivity index (χ1) is 9.22. The summed E-state index contributed by atoms with van der Waals surface area (Å²) in [7, 11) is 0. The number of carbonyl (C=O) groups excluding carboxylic acids is 1. The summed E-state index contributed by atoms with van der Waals surface area (Å²) in [5.74, 6) is 0.366. The summed E-state index contributed by atoms with van der Waals surface area (Å²) in [4.78, 5) is 14.4. The fourth-order valence-electron chi connectivity index (χ4n) is 2.50. The smallest absolute Gasteiger partial charge is 0.227 e. The van der Waals surface area contributed by atoms with E-state index in [-0.39, 0.29) is 11.8 Å². The molecule has 1 heterocycles. The van der Waals surface area contributed by atoms with Gasteiger partial charge in [-0.1, -0.05) is 29.8 Å². The average Bonchev–Trinajstić information content (AvgIpc) is 2.47. The monoisotopic (exact) mass is 280 g/mol. The van der Waals surface area contributed by atoms with E-state index in [2.05, 4.69) is 5.32 Å². The Hall–Kier alpha value is -1.06. The van der Waals surface area contributed by atoms with Crippen molar-refractivity contribution in [2.24, 2.45) is 5.92 Å². The first-order valence-corrected chi connectivity index (χ1v) is 7.33. The predicted molar refractivity (Wildman–Crippen MR) is 78.1 cm³/mol. The van der Waals surface area contributed by atoms with Crippen molar-refractivity contribution in [1.82, 2.24) is 10.2 Å². The maximum atomic E-state index is 12.5. The van der Waals surface area contributed by atoms with Crippen LogP contribution in [0.5, 0.6) is 0 Å². The maximum Gasteiger partial charge on any atom is 0.227 e. The maximum absolute atomic E-state index is 12.5.